The number of benzene rings is 2. The van der Waals surface area contributed by atoms with Crippen molar-refractivity contribution in [2.24, 2.45) is 5.73 Å². The van der Waals surface area contributed by atoms with Crippen LogP contribution < -0.4 is 5.73 Å². The van der Waals surface area contributed by atoms with E-state index in [2.05, 4.69) is 57.4 Å². The summed E-state index contributed by atoms with van der Waals surface area (Å²) >= 11 is 0. The smallest absolute Gasteiger partial charge is 0.0977 e. The molecule has 6 rings (SSSR count). The molecule has 2 aromatic carbocycles. The minimum atomic E-state index is 0.169. The highest BCUT2D eigenvalue weighted by Gasteiger charge is 2.19. The van der Waals surface area contributed by atoms with Gasteiger partial charge in [-0.3, -0.25) is 9.97 Å². The zero-order valence-corrected chi connectivity index (χ0v) is 17.8. The van der Waals surface area contributed by atoms with Crippen molar-refractivity contribution in [3.8, 4) is 33.8 Å². The summed E-state index contributed by atoms with van der Waals surface area (Å²) in [5.74, 6) is 0. The maximum atomic E-state index is 6.21. The van der Waals surface area contributed by atoms with Crippen LogP contribution in [0.3, 0.4) is 0 Å². The lowest BCUT2D eigenvalue weighted by Crippen LogP contribution is -2.04. The fourth-order valence-corrected chi connectivity index (χ4v) is 4.66. The van der Waals surface area contributed by atoms with E-state index in [0.29, 0.717) is 0 Å². The van der Waals surface area contributed by atoms with Gasteiger partial charge in [-0.05, 0) is 66.8 Å². The van der Waals surface area contributed by atoms with Gasteiger partial charge in [0.15, 0.2) is 0 Å². The van der Waals surface area contributed by atoms with Gasteiger partial charge in [0.25, 0.3) is 0 Å². The first-order chi connectivity index (χ1) is 15.7. The van der Waals surface area contributed by atoms with Crippen LogP contribution in [0.25, 0.3) is 44.7 Å². The monoisotopic (exact) mass is 417 g/mol. The third-order valence-corrected chi connectivity index (χ3v) is 6.34. The van der Waals surface area contributed by atoms with Crippen molar-refractivity contribution >= 4 is 10.9 Å². The lowest BCUT2D eigenvalue weighted by atomic mass is 9.99. The van der Waals surface area contributed by atoms with E-state index in [1.807, 2.05) is 31.3 Å². The van der Waals surface area contributed by atoms with Gasteiger partial charge in [0.2, 0.25) is 0 Å². The molecule has 3 heterocycles. The Morgan fingerprint density at radius 3 is 2.72 bits per heavy atom. The van der Waals surface area contributed by atoms with Gasteiger partial charge in [-0.2, -0.15) is 0 Å². The maximum Gasteiger partial charge on any atom is 0.0977 e. The van der Waals surface area contributed by atoms with Crippen LogP contribution in [-0.4, -0.2) is 19.9 Å². The van der Waals surface area contributed by atoms with Gasteiger partial charge in [-0.25, -0.2) is 4.98 Å². The molecule has 1 atom stereocenters. The lowest BCUT2D eigenvalue weighted by molar-refractivity contribution is 0.713. The van der Waals surface area contributed by atoms with Gasteiger partial charge < -0.3 is 10.7 Å². The van der Waals surface area contributed by atoms with E-state index in [4.69, 9.17) is 10.7 Å². The molecule has 0 bridgehead atoms. The third kappa shape index (κ3) is 3.18. The average Bonchev–Trinajstić information content (AvgIpc) is 3.45. The number of rotatable bonds is 3. The Labute approximate surface area is 186 Å². The van der Waals surface area contributed by atoms with Crippen LogP contribution in [0.15, 0.2) is 73.2 Å². The normalized spacial score (nSPS) is 15.2. The first-order valence-electron chi connectivity index (χ1n) is 10.9. The second-order valence-corrected chi connectivity index (χ2v) is 8.48. The molecule has 5 nitrogen and oxygen atoms in total. The number of pyridine rings is 2. The zero-order valence-electron chi connectivity index (χ0n) is 17.8. The zero-order chi connectivity index (χ0) is 21.7. The Kier molecular flexibility index (Phi) is 4.37. The molecule has 5 heteroatoms. The van der Waals surface area contributed by atoms with E-state index in [1.54, 1.807) is 6.33 Å². The largest absolute Gasteiger partial charge is 0.343 e. The summed E-state index contributed by atoms with van der Waals surface area (Å²) in [5.41, 5.74) is 16.8. The van der Waals surface area contributed by atoms with Crippen LogP contribution >= 0.6 is 0 Å². The molecule has 0 aliphatic heterocycles. The van der Waals surface area contributed by atoms with Crippen LogP contribution in [0, 0.1) is 6.92 Å². The van der Waals surface area contributed by atoms with E-state index in [9.17, 15) is 0 Å². The first-order valence-corrected chi connectivity index (χ1v) is 10.9. The molecule has 0 saturated heterocycles. The Morgan fingerprint density at radius 2 is 1.81 bits per heavy atom. The van der Waals surface area contributed by atoms with Crippen molar-refractivity contribution in [3.05, 3.63) is 90.0 Å². The van der Waals surface area contributed by atoms with E-state index in [0.717, 1.165) is 57.6 Å². The van der Waals surface area contributed by atoms with Gasteiger partial charge in [-0.1, -0.05) is 30.3 Å². The summed E-state index contributed by atoms with van der Waals surface area (Å²) in [5, 5.41) is 1.09. The number of nitrogens with two attached hydrogens (primary N) is 1. The van der Waals surface area contributed by atoms with E-state index in [-0.39, 0.29) is 6.04 Å². The molecule has 5 aromatic rings. The molecule has 1 aliphatic rings. The summed E-state index contributed by atoms with van der Waals surface area (Å²) in [7, 11) is 0. The molecule has 0 saturated carbocycles. The fourth-order valence-electron chi connectivity index (χ4n) is 4.66. The van der Waals surface area contributed by atoms with Gasteiger partial charge in [0.05, 0.1) is 28.9 Å². The highest BCUT2D eigenvalue weighted by Crippen LogP contribution is 2.34. The average molecular weight is 418 g/mol. The van der Waals surface area contributed by atoms with Crippen molar-refractivity contribution in [3.63, 3.8) is 0 Å². The minimum absolute atomic E-state index is 0.169. The van der Waals surface area contributed by atoms with Crippen LogP contribution in [0.4, 0.5) is 0 Å². The second-order valence-electron chi connectivity index (χ2n) is 8.48. The molecule has 0 amide bonds. The van der Waals surface area contributed by atoms with Crippen LogP contribution in [0.2, 0.25) is 0 Å². The van der Waals surface area contributed by atoms with Crippen molar-refractivity contribution in [2.75, 3.05) is 0 Å². The van der Waals surface area contributed by atoms with E-state index in [1.165, 1.54) is 16.7 Å². The highest BCUT2D eigenvalue weighted by atomic mass is 14.9. The van der Waals surface area contributed by atoms with Crippen molar-refractivity contribution < 1.29 is 0 Å². The topological polar surface area (TPSA) is 80.5 Å². The van der Waals surface area contributed by atoms with Crippen molar-refractivity contribution in [1.29, 1.82) is 0 Å². The summed E-state index contributed by atoms with van der Waals surface area (Å²) in [6.45, 7) is 2.00. The Hall–Kier alpha value is -3.83. The summed E-state index contributed by atoms with van der Waals surface area (Å²) in [6, 6.07) is 21.3. The Morgan fingerprint density at radius 1 is 0.938 bits per heavy atom. The molecule has 0 radical (unpaired) electrons. The fraction of sp³-hybridized carbons (Fsp3) is 0.148. The molecular weight excluding hydrogens is 394 g/mol. The molecule has 156 valence electrons. The summed E-state index contributed by atoms with van der Waals surface area (Å²) in [6.07, 6.45) is 5.75. The van der Waals surface area contributed by atoms with Crippen molar-refractivity contribution in [2.45, 2.75) is 25.8 Å². The van der Waals surface area contributed by atoms with Crippen LogP contribution in [-0.2, 0) is 6.42 Å². The standard InChI is InChI=1S/C27H23N5/c1-16-3-2-4-25(32-16)27-26(30-15-31-27)19-7-10-24-20(12-19)13-21(14-29-24)17-5-8-22-18(11-17)6-9-23(22)28/h2-5,7-8,10-15,23H,6,9,28H2,1H3,(H,30,31)/t23-/m1/s1. The number of nitrogens with one attached hydrogen (secondary N) is 1. The summed E-state index contributed by atoms with van der Waals surface area (Å²) in [4.78, 5) is 17.2. The molecule has 0 unspecified atom stereocenters. The Balaban J connectivity index is 1.42. The van der Waals surface area contributed by atoms with Gasteiger partial charge in [-0.15, -0.1) is 0 Å². The van der Waals surface area contributed by atoms with E-state index < -0.39 is 0 Å². The molecule has 32 heavy (non-hydrogen) atoms. The van der Waals surface area contributed by atoms with Gasteiger partial charge in [0.1, 0.15) is 0 Å². The number of imidazole rings is 1. The number of nitrogens with zero attached hydrogens (tertiary/aromatic N) is 3. The van der Waals surface area contributed by atoms with Crippen LogP contribution in [0.5, 0.6) is 0 Å². The molecule has 0 fully saturated rings. The summed E-state index contributed by atoms with van der Waals surface area (Å²) < 4.78 is 0. The first kappa shape index (κ1) is 18.9. The van der Waals surface area contributed by atoms with Gasteiger partial charge >= 0.3 is 0 Å². The molecule has 3 aromatic heterocycles. The number of H-pyrrole nitrogens is 1. The number of fused-ring (bicyclic) bond motifs is 2. The number of hydrogen-bond acceptors (Lipinski definition) is 4. The molecular formula is C27H23N5. The SMILES string of the molecule is Cc1cccc(-c2[nH]cnc2-c2ccc3ncc(-c4ccc5c(c4)CC[C@H]5N)cc3c2)n1. The van der Waals surface area contributed by atoms with E-state index >= 15 is 0 Å². The predicted molar refractivity (Wildman–Crippen MR) is 128 cm³/mol. The van der Waals surface area contributed by atoms with Crippen LogP contribution in [0.1, 0.15) is 29.3 Å². The lowest BCUT2D eigenvalue weighted by Gasteiger charge is -2.09. The number of aromatic amines is 1. The second kappa shape index (κ2) is 7.39. The van der Waals surface area contributed by atoms with Crippen molar-refractivity contribution in [1.82, 2.24) is 19.9 Å². The highest BCUT2D eigenvalue weighted by molar-refractivity contribution is 5.89. The number of hydrogen-bond donors (Lipinski definition) is 2. The third-order valence-electron chi connectivity index (χ3n) is 6.34. The minimum Gasteiger partial charge on any atom is -0.343 e. The number of aryl methyl sites for hydroxylation is 2. The quantitative estimate of drug-likeness (QED) is 0.400. The predicted octanol–water partition coefficient (Wildman–Crippen LogP) is 5.61. The molecule has 3 N–H and O–H groups in total. The van der Waals surface area contributed by atoms with Gasteiger partial charge in [0, 0.05) is 34.4 Å². The Bertz CT molecular complexity index is 1470. The molecule has 0 spiro atoms. The number of aromatic nitrogens is 4. The molecule has 1 aliphatic carbocycles. The maximum absolute atomic E-state index is 6.21.